The SMILES string of the molecule is O=C(ON1C(=O)CCC1=O)c1cc(Cl)nn1-c1ncccc1Cl. The predicted molar refractivity (Wildman–Crippen MR) is 77.9 cm³/mol. The molecule has 2 aromatic heterocycles. The quantitative estimate of drug-likeness (QED) is 0.780. The molecule has 0 saturated carbocycles. The van der Waals surface area contributed by atoms with Crippen LogP contribution in [0.1, 0.15) is 23.3 Å². The third kappa shape index (κ3) is 2.90. The van der Waals surface area contributed by atoms with Crippen molar-refractivity contribution in [2.24, 2.45) is 0 Å². The Hall–Kier alpha value is -2.45. The Morgan fingerprint density at radius 3 is 2.57 bits per heavy atom. The molecule has 0 N–H and O–H groups in total. The summed E-state index contributed by atoms with van der Waals surface area (Å²) in [7, 11) is 0. The first-order chi connectivity index (χ1) is 11.0. The molecule has 0 bridgehead atoms. The summed E-state index contributed by atoms with van der Waals surface area (Å²) < 4.78 is 1.08. The topological polar surface area (TPSA) is 94.4 Å². The zero-order valence-corrected chi connectivity index (χ0v) is 12.9. The lowest BCUT2D eigenvalue weighted by molar-refractivity contribution is -0.172. The Bertz CT molecular complexity index is 804. The molecule has 2 aromatic rings. The van der Waals surface area contributed by atoms with Crippen LogP contribution in [0.3, 0.4) is 0 Å². The van der Waals surface area contributed by atoms with Crippen molar-refractivity contribution < 1.29 is 19.2 Å². The van der Waals surface area contributed by atoms with Crippen molar-refractivity contribution in [2.45, 2.75) is 12.8 Å². The Labute approximate surface area is 139 Å². The second-order valence-electron chi connectivity index (χ2n) is 4.53. The number of hydroxylamine groups is 2. The van der Waals surface area contributed by atoms with Gasteiger partial charge < -0.3 is 4.84 Å². The zero-order chi connectivity index (χ0) is 16.6. The number of amides is 2. The lowest BCUT2D eigenvalue weighted by Gasteiger charge is -2.13. The maximum absolute atomic E-state index is 12.3. The average molecular weight is 355 g/mol. The van der Waals surface area contributed by atoms with E-state index in [1.165, 1.54) is 12.3 Å². The van der Waals surface area contributed by atoms with Crippen LogP contribution in [0.25, 0.3) is 5.82 Å². The van der Waals surface area contributed by atoms with Gasteiger partial charge in [0.05, 0.1) is 5.02 Å². The molecule has 1 saturated heterocycles. The second-order valence-corrected chi connectivity index (χ2v) is 5.33. The van der Waals surface area contributed by atoms with E-state index < -0.39 is 17.8 Å². The Kier molecular flexibility index (Phi) is 4.01. The van der Waals surface area contributed by atoms with Gasteiger partial charge in [0.25, 0.3) is 11.8 Å². The molecular formula is C13H8Cl2N4O4. The molecular weight excluding hydrogens is 347 g/mol. The maximum atomic E-state index is 12.3. The van der Waals surface area contributed by atoms with Crippen LogP contribution >= 0.6 is 23.2 Å². The maximum Gasteiger partial charge on any atom is 0.382 e. The molecule has 1 fully saturated rings. The molecule has 8 nitrogen and oxygen atoms in total. The van der Waals surface area contributed by atoms with Crippen LogP contribution in [0.4, 0.5) is 0 Å². The van der Waals surface area contributed by atoms with Gasteiger partial charge in [-0.15, -0.1) is 5.06 Å². The van der Waals surface area contributed by atoms with Crippen LogP contribution in [0.2, 0.25) is 10.2 Å². The summed E-state index contributed by atoms with van der Waals surface area (Å²) in [5.74, 6) is -1.99. The number of rotatable bonds is 3. The summed E-state index contributed by atoms with van der Waals surface area (Å²) in [6.07, 6.45) is 1.45. The van der Waals surface area contributed by atoms with Gasteiger partial charge in [-0.1, -0.05) is 23.2 Å². The first kappa shape index (κ1) is 15.4. The number of imide groups is 1. The predicted octanol–water partition coefficient (Wildman–Crippen LogP) is 1.79. The second kappa shape index (κ2) is 5.98. The lowest BCUT2D eigenvalue weighted by atomic mass is 10.4. The summed E-state index contributed by atoms with van der Waals surface area (Å²) in [4.78, 5) is 44.1. The Morgan fingerprint density at radius 1 is 1.22 bits per heavy atom. The van der Waals surface area contributed by atoms with Crippen LogP contribution in [0, 0.1) is 0 Å². The van der Waals surface area contributed by atoms with Gasteiger partial charge in [0.1, 0.15) is 0 Å². The molecule has 2 amide bonds. The van der Waals surface area contributed by atoms with Crippen molar-refractivity contribution in [3.63, 3.8) is 0 Å². The van der Waals surface area contributed by atoms with E-state index in [-0.39, 0.29) is 34.5 Å². The third-order valence-corrected chi connectivity index (χ3v) is 3.49. The number of carbonyl (C=O) groups excluding carboxylic acids is 3. The van der Waals surface area contributed by atoms with Crippen molar-refractivity contribution in [1.29, 1.82) is 0 Å². The highest BCUT2D eigenvalue weighted by Crippen LogP contribution is 2.22. The summed E-state index contributed by atoms with van der Waals surface area (Å²) in [5, 5.41) is 4.59. The molecule has 0 aliphatic carbocycles. The highest BCUT2D eigenvalue weighted by molar-refractivity contribution is 6.32. The van der Waals surface area contributed by atoms with Crippen LogP contribution in [0.5, 0.6) is 0 Å². The van der Waals surface area contributed by atoms with E-state index in [0.717, 1.165) is 4.68 Å². The zero-order valence-electron chi connectivity index (χ0n) is 11.4. The van der Waals surface area contributed by atoms with E-state index in [1.807, 2.05) is 0 Å². The largest absolute Gasteiger partial charge is 0.382 e. The molecule has 0 aromatic carbocycles. The van der Waals surface area contributed by atoms with Gasteiger partial charge >= 0.3 is 5.97 Å². The summed E-state index contributed by atoms with van der Waals surface area (Å²) >= 11 is 11.9. The number of pyridine rings is 1. The minimum atomic E-state index is -0.977. The van der Waals surface area contributed by atoms with E-state index in [4.69, 9.17) is 28.0 Å². The van der Waals surface area contributed by atoms with Gasteiger partial charge in [0.15, 0.2) is 16.7 Å². The summed E-state index contributed by atoms with van der Waals surface area (Å²) in [6, 6.07) is 4.39. The van der Waals surface area contributed by atoms with Gasteiger partial charge in [0, 0.05) is 25.1 Å². The standard InChI is InChI=1S/C13H8Cl2N4O4/c14-7-2-1-5-16-12(7)18-8(6-9(15)17-18)13(22)23-19-10(20)3-4-11(19)21/h1-2,5-6H,3-4H2. The molecule has 1 aliphatic heterocycles. The van der Waals surface area contributed by atoms with Gasteiger partial charge in [-0.3, -0.25) is 9.59 Å². The summed E-state index contributed by atoms with van der Waals surface area (Å²) in [5.41, 5.74) is -0.122. The molecule has 3 heterocycles. The molecule has 0 atom stereocenters. The fourth-order valence-corrected chi connectivity index (χ4v) is 2.36. The number of halogens is 2. The highest BCUT2D eigenvalue weighted by atomic mass is 35.5. The Morgan fingerprint density at radius 2 is 1.91 bits per heavy atom. The number of hydrogen-bond donors (Lipinski definition) is 0. The van der Waals surface area contributed by atoms with E-state index in [0.29, 0.717) is 5.06 Å². The highest BCUT2D eigenvalue weighted by Gasteiger charge is 2.34. The van der Waals surface area contributed by atoms with E-state index in [1.54, 1.807) is 12.1 Å². The van der Waals surface area contributed by atoms with Crippen LogP contribution in [-0.4, -0.2) is 37.6 Å². The minimum Gasteiger partial charge on any atom is -0.323 e. The monoisotopic (exact) mass is 354 g/mol. The first-order valence-corrected chi connectivity index (χ1v) is 7.17. The van der Waals surface area contributed by atoms with Crippen LogP contribution in [-0.2, 0) is 14.4 Å². The van der Waals surface area contributed by atoms with Gasteiger partial charge in [-0.2, -0.15) is 5.10 Å². The van der Waals surface area contributed by atoms with Crippen molar-refractivity contribution >= 4 is 41.0 Å². The van der Waals surface area contributed by atoms with Crippen molar-refractivity contribution in [1.82, 2.24) is 19.8 Å². The lowest BCUT2D eigenvalue weighted by Crippen LogP contribution is -2.32. The van der Waals surface area contributed by atoms with Crippen LogP contribution < -0.4 is 0 Å². The fourth-order valence-electron chi connectivity index (χ4n) is 1.98. The normalized spacial score (nSPS) is 14.4. The van der Waals surface area contributed by atoms with E-state index in [9.17, 15) is 14.4 Å². The number of aromatic nitrogens is 3. The molecule has 10 heteroatoms. The van der Waals surface area contributed by atoms with Gasteiger partial charge in [0.2, 0.25) is 0 Å². The van der Waals surface area contributed by atoms with Crippen LogP contribution in [0.15, 0.2) is 24.4 Å². The van der Waals surface area contributed by atoms with Crippen molar-refractivity contribution in [3.8, 4) is 5.82 Å². The number of nitrogens with zero attached hydrogens (tertiary/aromatic N) is 4. The molecule has 0 unspecified atom stereocenters. The number of carbonyl (C=O) groups is 3. The first-order valence-electron chi connectivity index (χ1n) is 6.42. The van der Waals surface area contributed by atoms with Crippen molar-refractivity contribution in [3.05, 3.63) is 40.3 Å². The molecule has 23 heavy (non-hydrogen) atoms. The molecule has 0 spiro atoms. The molecule has 1 aliphatic rings. The average Bonchev–Trinajstić information content (AvgIpc) is 3.05. The molecule has 3 rings (SSSR count). The summed E-state index contributed by atoms with van der Waals surface area (Å²) in [6.45, 7) is 0. The Balaban J connectivity index is 1.94. The van der Waals surface area contributed by atoms with Gasteiger partial charge in [-0.25, -0.2) is 14.5 Å². The van der Waals surface area contributed by atoms with Crippen molar-refractivity contribution in [2.75, 3.05) is 0 Å². The smallest absolute Gasteiger partial charge is 0.323 e. The fraction of sp³-hybridized carbons (Fsp3) is 0.154. The number of hydrogen-bond acceptors (Lipinski definition) is 6. The van der Waals surface area contributed by atoms with Gasteiger partial charge in [-0.05, 0) is 12.1 Å². The molecule has 0 radical (unpaired) electrons. The van der Waals surface area contributed by atoms with E-state index >= 15 is 0 Å². The van der Waals surface area contributed by atoms with E-state index in [2.05, 4.69) is 10.1 Å². The third-order valence-electron chi connectivity index (χ3n) is 3.01. The minimum absolute atomic E-state index is 0.00179. The molecule has 118 valence electrons.